The number of alkyl carbamates (subject to hydrolysis) is 1. The average molecular weight is 390 g/mol. The highest BCUT2D eigenvalue weighted by atomic mass is 19.1. The van der Waals surface area contributed by atoms with Crippen LogP contribution in [0.4, 0.5) is 9.18 Å². The van der Waals surface area contributed by atoms with Crippen molar-refractivity contribution in [3.63, 3.8) is 0 Å². The number of carbonyl (C=O) groups is 2. The van der Waals surface area contributed by atoms with E-state index in [2.05, 4.69) is 18.8 Å². The third kappa shape index (κ3) is 4.36. The molecule has 1 aliphatic heterocycles. The van der Waals surface area contributed by atoms with Crippen molar-refractivity contribution in [2.45, 2.75) is 25.3 Å². The normalized spacial score (nSPS) is 26.2. The van der Waals surface area contributed by atoms with Crippen molar-refractivity contribution >= 4 is 19.1 Å². The second-order valence-corrected chi connectivity index (χ2v) is 7.46. The Morgan fingerprint density at radius 1 is 1.43 bits per heavy atom. The summed E-state index contributed by atoms with van der Waals surface area (Å²) in [6.07, 6.45) is 0.547. The van der Waals surface area contributed by atoms with Crippen LogP contribution in [0.15, 0.2) is 36.9 Å². The Kier molecular flexibility index (Phi) is 6.05. The van der Waals surface area contributed by atoms with E-state index in [0.717, 1.165) is 0 Å². The van der Waals surface area contributed by atoms with E-state index in [1.54, 1.807) is 4.90 Å². The first-order valence-corrected chi connectivity index (χ1v) is 9.28. The van der Waals surface area contributed by atoms with Gasteiger partial charge in [0.15, 0.2) is 0 Å². The minimum atomic E-state index is -1.81. The molecule has 1 aromatic carbocycles. The smallest absolute Gasteiger partial charge is 0.447 e. The maximum absolute atomic E-state index is 13.0. The van der Waals surface area contributed by atoms with E-state index in [1.165, 1.54) is 30.3 Å². The van der Waals surface area contributed by atoms with Crippen molar-refractivity contribution in [2.75, 3.05) is 13.2 Å². The first kappa shape index (κ1) is 20.4. The Morgan fingerprint density at radius 2 is 2.11 bits per heavy atom. The molecule has 3 N–H and O–H groups in total. The fourth-order valence-electron chi connectivity index (χ4n) is 4.10. The number of piperidine rings is 1. The van der Waals surface area contributed by atoms with Gasteiger partial charge in [-0.05, 0) is 47.9 Å². The number of nitrogens with one attached hydrogen (secondary N) is 1. The molecule has 1 saturated carbocycles. The van der Waals surface area contributed by atoms with Crippen LogP contribution in [0.1, 0.15) is 12.5 Å². The molecule has 2 aliphatic rings. The maximum atomic E-state index is 13.0. The second kappa shape index (κ2) is 8.32. The highest BCUT2D eigenvalue weighted by Crippen LogP contribution is 2.55. The van der Waals surface area contributed by atoms with Gasteiger partial charge in [0.05, 0.1) is 12.0 Å². The Morgan fingerprint density at radius 3 is 2.71 bits per heavy atom. The molecule has 0 spiro atoms. The first-order chi connectivity index (χ1) is 13.3. The minimum absolute atomic E-state index is 0.0295. The van der Waals surface area contributed by atoms with E-state index in [1.807, 2.05) is 0 Å². The van der Waals surface area contributed by atoms with Crippen LogP contribution < -0.4 is 5.32 Å². The molecule has 9 heteroatoms. The number of likely N-dealkylation sites (tertiary alicyclic amines) is 1. The van der Waals surface area contributed by atoms with E-state index >= 15 is 0 Å². The highest BCUT2D eigenvalue weighted by molar-refractivity contribution is 6.43. The van der Waals surface area contributed by atoms with Gasteiger partial charge in [-0.3, -0.25) is 4.79 Å². The summed E-state index contributed by atoms with van der Waals surface area (Å²) in [5.74, 6) is -0.398. The van der Waals surface area contributed by atoms with Crippen LogP contribution in [0.25, 0.3) is 0 Å². The molecular formula is C19H24BFN2O5. The first-order valence-electron chi connectivity index (χ1n) is 9.28. The largest absolute Gasteiger partial charge is 0.475 e. The van der Waals surface area contributed by atoms with Crippen molar-refractivity contribution in [1.82, 2.24) is 10.2 Å². The van der Waals surface area contributed by atoms with Crippen molar-refractivity contribution in [3.8, 4) is 0 Å². The number of ether oxygens (including phenoxy) is 1. The second-order valence-electron chi connectivity index (χ2n) is 7.46. The van der Waals surface area contributed by atoms with Crippen LogP contribution in [0.3, 0.4) is 0 Å². The third-order valence-corrected chi connectivity index (χ3v) is 5.76. The molecule has 1 saturated heterocycles. The van der Waals surface area contributed by atoms with Crippen LogP contribution in [0.5, 0.6) is 0 Å². The number of fused-ring (bicyclic) bond motifs is 1. The fourth-order valence-corrected chi connectivity index (χ4v) is 4.10. The van der Waals surface area contributed by atoms with Gasteiger partial charge < -0.3 is 25.0 Å². The zero-order chi connectivity index (χ0) is 20.4. The SMILES string of the molecule is C=CC(=O)N1CC2C(C)C2[C@@H]1COC(=O)N[C@@H](Cc1ccc(F)cc1)B(O)O. The average Bonchev–Trinajstić information content (AvgIpc) is 3.12. The van der Waals surface area contributed by atoms with E-state index in [4.69, 9.17) is 4.74 Å². The van der Waals surface area contributed by atoms with E-state index in [0.29, 0.717) is 29.9 Å². The molecule has 3 unspecified atom stereocenters. The van der Waals surface area contributed by atoms with Crippen LogP contribution >= 0.6 is 0 Å². The van der Waals surface area contributed by atoms with Gasteiger partial charge in [0, 0.05) is 6.54 Å². The molecule has 2 fully saturated rings. The predicted octanol–water partition coefficient (Wildman–Crippen LogP) is 0.754. The van der Waals surface area contributed by atoms with Crippen LogP contribution in [0, 0.1) is 23.6 Å². The fraction of sp³-hybridized carbons (Fsp3) is 0.474. The Bertz CT molecular complexity index is 744. The third-order valence-electron chi connectivity index (χ3n) is 5.76. The molecule has 0 bridgehead atoms. The van der Waals surface area contributed by atoms with Gasteiger partial charge in [0.1, 0.15) is 12.4 Å². The summed E-state index contributed by atoms with van der Waals surface area (Å²) in [5, 5.41) is 21.5. The molecule has 1 heterocycles. The lowest BCUT2D eigenvalue weighted by molar-refractivity contribution is -0.128. The van der Waals surface area contributed by atoms with Gasteiger partial charge in [0.2, 0.25) is 5.91 Å². The van der Waals surface area contributed by atoms with Crippen LogP contribution in [-0.2, 0) is 16.0 Å². The molecule has 150 valence electrons. The Hall–Kier alpha value is -2.39. The quantitative estimate of drug-likeness (QED) is 0.472. The lowest BCUT2D eigenvalue weighted by Gasteiger charge is -2.27. The number of carbonyl (C=O) groups excluding carboxylic acids is 2. The monoisotopic (exact) mass is 390 g/mol. The molecule has 1 aliphatic carbocycles. The summed E-state index contributed by atoms with van der Waals surface area (Å²) >= 11 is 0. The van der Waals surface area contributed by atoms with Gasteiger partial charge in [-0.2, -0.15) is 0 Å². The summed E-state index contributed by atoms with van der Waals surface area (Å²) in [6.45, 7) is 6.28. The molecule has 2 amide bonds. The molecule has 28 heavy (non-hydrogen) atoms. The zero-order valence-corrected chi connectivity index (χ0v) is 15.6. The van der Waals surface area contributed by atoms with Crippen LogP contribution in [0.2, 0.25) is 0 Å². The summed E-state index contributed by atoms with van der Waals surface area (Å²) in [5.41, 5.74) is 0.632. The van der Waals surface area contributed by atoms with Gasteiger partial charge in [-0.1, -0.05) is 25.6 Å². The van der Waals surface area contributed by atoms with Gasteiger partial charge >= 0.3 is 13.2 Å². The summed E-state index contributed by atoms with van der Waals surface area (Å²) in [6, 6.07) is 5.32. The molecule has 1 aromatic rings. The van der Waals surface area contributed by atoms with Gasteiger partial charge in [0.25, 0.3) is 0 Å². The number of rotatable bonds is 7. The van der Waals surface area contributed by atoms with E-state index < -0.39 is 25.0 Å². The van der Waals surface area contributed by atoms with Crippen molar-refractivity contribution in [2.24, 2.45) is 17.8 Å². The van der Waals surface area contributed by atoms with Gasteiger partial charge in [-0.25, -0.2) is 9.18 Å². The number of nitrogens with zero attached hydrogens (tertiary/aromatic N) is 1. The highest BCUT2D eigenvalue weighted by Gasteiger charge is 2.59. The molecule has 0 aromatic heterocycles. The predicted molar refractivity (Wildman–Crippen MR) is 100 cm³/mol. The number of benzene rings is 1. The molecule has 0 radical (unpaired) electrons. The minimum Gasteiger partial charge on any atom is -0.447 e. The zero-order valence-electron chi connectivity index (χ0n) is 15.6. The topological polar surface area (TPSA) is 99.1 Å². The Labute approximate surface area is 163 Å². The van der Waals surface area contributed by atoms with E-state index in [9.17, 15) is 24.0 Å². The van der Waals surface area contributed by atoms with Crippen molar-refractivity contribution < 1.29 is 28.8 Å². The lowest BCUT2D eigenvalue weighted by Crippen LogP contribution is -2.49. The number of hydrogen-bond donors (Lipinski definition) is 3. The number of halogens is 1. The summed E-state index contributed by atoms with van der Waals surface area (Å²) in [7, 11) is -1.81. The molecule has 7 nitrogen and oxygen atoms in total. The molecule has 5 atom stereocenters. The van der Waals surface area contributed by atoms with Crippen molar-refractivity contribution in [1.29, 1.82) is 0 Å². The summed E-state index contributed by atoms with van der Waals surface area (Å²) < 4.78 is 18.3. The standard InChI is InChI=1S/C19H24BFN2O5/c1-3-17(24)23-9-14-11(2)18(14)15(23)10-28-19(25)22-16(20(26)27)8-12-4-6-13(21)7-5-12/h3-7,11,14-16,18,26-27H,1,8-10H2,2H3,(H,22,25)/t11?,14?,15-,16-,18?/m0/s1. The number of amides is 2. The maximum Gasteiger partial charge on any atom is 0.475 e. The van der Waals surface area contributed by atoms with Crippen LogP contribution in [-0.4, -0.2) is 59.2 Å². The van der Waals surface area contributed by atoms with E-state index in [-0.39, 0.29) is 25.0 Å². The lowest BCUT2D eigenvalue weighted by atomic mass is 9.76. The molecule has 3 rings (SSSR count). The Balaban J connectivity index is 1.55. The number of hydrogen-bond acceptors (Lipinski definition) is 5. The summed E-state index contributed by atoms with van der Waals surface area (Å²) in [4.78, 5) is 25.8. The van der Waals surface area contributed by atoms with Crippen molar-refractivity contribution in [3.05, 3.63) is 48.3 Å². The molecular weight excluding hydrogens is 366 g/mol. The van der Waals surface area contributed by atoms with Gasteiger partial charge in [-0.15, -0.1) is 0 Å².